The van der Waals surface area contributed by atoms with E-state index in [1.807, 2.05) is 0 Å². The molecule has 10 nitrogen and oxygen atoms in total. The monoisotopic (exact) mass is 480 g/mol. The average molecular weight is 480 g/mol. The smallest absolute Gasteiger partial charge is 0.377 e. The molecule has 1 saturated heterocycles. The molecule has 1 aromatic carbocycles. The molecular weight excluding hydrogens is 457 g/mol. The summed E-state index contributed by atoms with van der Waals surface area (Å²) in [5.41, 5.74) is 1.89. The Morgan fingerprint density at radius 2 is 1.85 bits per heavy atom. The van der Waals surface area contributed by atoms with E-state index >= 15 is 0 Å². The van der Waals surface area contributed by atoms with Crippen LogP contribution in [-0.2, 0) is 9.53 Å². The van der Waals surface area contributed by atoms with E-state index in [0.717, 1.165) is 0 Å². The average Bonchev–Trinajstić information content (AvgIpc) is 3.14. The van der Waals surface area contributed by atoms with E-state index in [1.165, 1.54) is 29.6 Å². The zero-order valence-electron chi connectivity index (χ0n) is 18.4. The maximum Gasteiger partial charge on any atom is 0.471 e. The van der Waals surface area contributed by atoms with Gasteiger partial charge in [0, 0.05) is 29.9 Å². The number of nitrogens with one attached hydrogen (secondary N) is 4. The Morgan fingerprint density at radius 3 is 2.44 bits per heavy atom. The molecule has 0 bridgehead atoms. The Bertz CT molecular complexity index is 1080. The molecule has 2 heterocycles. The van der Waals surface area contributed by atoms with Gasteiger partial charge in [-0.05, 0) is 26.0 Å². The number of alkyl halides is 3. The third-order valence-corrected chi connectivity index (χ3v) is 5.26. The molecule has 0 spiro atoms. The Kier molecular flexibility index (Phi) is 7.35. The van der Waals surface area contributed by atoms with Crippen molar-refractivity contribution in [3.8, 4) is 0 Å². The van der Waals surface area contributed by atoms with Gasteiger partial charge in [0.15, 0.2) is 0 Å². The Labute approximate surface area is 192 Å². The summed E-state index contributed by atoms with van der Waals surface area (Å²) in [6, 6.07) is 4.72. The number of amidine groups is 1. The molecule has 1 atom stereocenters. The predicted molar refractivity (Wildman–Crippen MR) is 114 cm³/mol. The molecule has 34 heavy (non-hydrogen) atoms. The number of nitrogens with zero attached hydrogens (tertiary/aromatic N) is 2. The number of aryl methyl sites for hydroxylation is 2. The van der Waals surface area contributed by atoms with Crippen LogP contribution >= 0.6 is 0 Å². The van der Waals surface area contributed by atoms with Crippen molar-refractivity contribution in [2.75, 3.05) is 26.3 Å². The van der Waals surface area contributed by atoms with Gasteiger partial charge in [-0.15, -0.1) is 0 Å². The summed E-state index contributed by atoms with van der Waals surface area (Å²) < 4.78 is 42.5. The van der Waals surface area contributed by atoms with Crippen LogP contribution < -0.4 is 10.6 Å². The first-order valence-electron chi connectivity index (χ1n) is 10.2. The molecule has 1 aromatic heterocycles. The van der Waals surface area contributed by atoms with E-state index in [-0.39, 0.29) is 30.2 Å². The van der Waals surface area contributed by atoms with Crippen LogP contribution in [0.25, 0.3) is 0 Å². The molecule has 1 aliphatic heterocycles. The Morgan fingerprint density at radius 1 is 1.21 bits per heavy atom. The number of aromatic nitrogens is 2. The maximum atomic E-state index is 13.0. The highest BCUT2D eigenvalue weighted by Gasteiger charge is 2.39. The highest BCUT2D eigenvalue weighted by Crippen LogP contribution is 2.17. The lowest BCUT2D eigenvalue weighted by Gasteiger charge is -2.35. The van der Waals surface area contributed by atoms with Gasteiger partial charge in [0.2, 0.25) is 0 Å². The van der Waals surface area contributed by atoms with Crippen molar-refractivity contribution in [1.82, 2.24) is 25.7 Å². The predicted octanol–water partition coefficient (Wildman–Crippen LogP) is 1.30. The topological polar surface area (TPSA) is 140 Å². The van der Waals surface area contributed by atoms with Crippen LogP contribution in [0.3, 0.4) is 0 Å². The number of benzene rings is 1. The van der Waals surface area contributed by atoms with Crippen LogP contribution in [0.4, 0.5) is 13.2 Å². The van der Waals surface area contributed by atoms with Crippen molar-refractivity contribution in [2.45, 2.75) is 26.1 Å². The Hall–Kier alpha value is -3.74. The van der Waals surface area contributed by atoms with Gasteiger partial charge in [-0.3, -0.25) is 24.9 Å². The lowest BCUT2D eigenvalue weighted by molar-refractivity contribution is -0.171. The van der Waals surface area contributed by atoms with Crippen LogP contribution in [0, 0.1) is 19.3 Å². The summed E-state index contributed by atoms with van der Waals surface area (Å²) in [5.74, 6) is -3.69. The van der Waals surface area contributed by atoms with Crippen LogP contribution in [0.1, 0.15) is 37.7 Å². The number of halogens is 3. The van der Waals surface area contributed by atoms with Crippen molar-refractivity contribution in [3.63, 3.8) is 0 Å². The lowest BCUT2D eigenvalue weighted by Crippen LogP contribution is -2.53. The van der Waals surface area contributed by atoms with Crippen molar-refractivity contribution >= 4 is 23.6 Å². The lowest BCUT2D eigenvalue weighted by atomic mass is 10.1. The fourth-order valence-corrected chi connectivity index (χ4v) is 3.46. The number of ether oxygens (including phenoxy) is 1. The number of carbonyl (C=O) groups excluding carboxylic acids is 3. The van der Waals surface area contributed by atoms with Gasteiger partial charge in [0.1, 0.15) is 5.84 Å². The van der Waals surface area contributed by atoms with Gasteiger partial charge in [-0.1, -0.05) is 12.1 Å². The third kappa shape index (κ3) is 5.60. The van der Waals surface area contributed by atoms with Gasteiger partial charge in [0.25, 0.3) is 11.8 Å². The summed E-state index contributed by atoms with van der Waals surface area (Å²) in [6.45, 7) is 4.54. The van der Waals surface area contributed by atoms with E-state index in [9.17, 15) is 27.6 Å². The molecule has 182 valence electrons. The summed E-state index contributed by atoms with van der Waals surface area (Å²) >= 11 is 0. The minimum atomic E-state index is -5.11. The second-order valence-corrected chi connectivity index (χ2v) is 7.65. The van der Waals surface area contributed by atoms with Gasteiger partial charge in [-0.2, -0.15) is 18.3 Å². The van der Waals surface area contributed by atoms with Crippen molar-refractivity contribution in [3.05, 3.63) is 52.3 Å². The second kappa shape index (κ2) is 10.0. The summed E-state index contributed by atoms with van der Waals surface area (Å²) in [4.78, 5) is 38.2. The zero-order chi connectivity index (χ0) is 25.0. The largest absolute Gasteiger partial charge is 0.471 e. The molecule has 2 aromatic rings. The Balaban J connectivity index is 1.61. The fraction of sp³-hybridized carbons (Fsp3) is 0.381. The highest BCUT2D eigenvalue weighted by molar-refractivity contribution is 6.08. The number of hydrogen-bond acceptors (Lipinski definition) is 6. The SMILES string of the molecule is Cc1n[nH]c(C)c1C(=O)N1CCOC[C@H]1CNC(=O)c1ccc(C(=N)NC(=O)C(F)(F)F)cc1. The molecular formula is C21H23F3N6O4. The quantitative estimate of drug-likeness (QED) is 0.377. The standard InChI is InChI=1S/C21H23F3N6O4/c1-11-16(12(2)29-28-11)19(32)30-7-8-34-10-15(30)9-26-18(31)14-5-3-13(4-6-14)17(25)27-20(33)21(22,23)24/h3-6,15H,7-10H2,1-2H3,(H,26,31)(H,28,29)(H2,25,27,33)/t15-/m1/s1. The summed E-state index contributed by atoms with van der Waals surface area (Å²) in [6.07, 6.45) is -5.11. The molecule has 0 aliphatic carbocycles. The number of H-pyrrole nitrogens is 1. The number of amides is 3. The number of rotatable bonds is 5. The van der Waals surface area contributed by atoms with Crippen molar-refractivity contribution < 1.29 is 32.3 Å². The summed E-state index contributed by atoms with van der Waals surface area (Å²) in [7, 11) is 0. The maximum absolute atomic E-state index is 13.0. The summed E-state index contributed by atoms with van der Waals surface area (Å²) in [5, 5.41) is 18.6. The van der Waals surface area contributed by atoms with Crippen LogP contribution in [0.2, 0.25) is 0 Å². The normalized spacial score (nSPS) is 16.1. The molecule has 3 amide bonds. The number of hydrogen-bond donors (Lipinski definition) is 4. The van der Waals surface area contributed by atoms with E-state index in [0.29, 0.717) is 30.1 Å². The second-order valence-electron chi connectivity index (χ2n) is 7.65. The van der Waals surface area contributed by atoms with Crippen LogP contribution in [0.5, 0.6) is 0 Å². The molecule has 0 saturated carbocycles. The molecule has 1 aliphatic rings. The molecule has 0 radical (unpaired) electrons. The first kappa shape index (κ1) is 24.9. The van der Waals surface area contributed by atoms with Gasteiger partial charge in [0.05, 0.1) is 30.5 Å². The van der Waals surface area contributed by atoms with Crippen LogP contribution in [-0.4, -0.2) is 77.2 Å². The van der Waals surface area contributed by atoms with E-state index in [4.69, 9.17) is 10.1 Å². The third-order valence-electron chi connectivity index (χ3n) is 5.26. The van der Waals surface area contributed by atoms with Crippen molar-refractivity contribution in [1.29, 1.82) is 5.41 Å². The first-order valence-corrected chi connectivity index (χ1v) is 10.2. The number of carbonyl (C=O) groups is 3. The van der Waals surface area contributed by atoms with E-state index < -0.39 is 29.9 Å². The minimum Gasteiger partial charge on any atom is -0.377 e. The first-order chi connectivity index (χ1) is 16.0. The number of morpholine rings is 1. The molecule has 1 fully saturated rings. The molecule has 13 heteroatoms. The fourth-order valence-electron chi connectivity index (χ4n) is 3.46. The molecule has 3 rings (SSSR count). The van der Waals surface area contributed by atoms with Gasteiger partial charge < -0.3 is 20.3 Å². The van der Waals surface area contributed by atoms with Gasteiger partial charge in [-0.25, -0.2) is 0 Å². The van der Waals surface area contributed by atoms with Crippen molar-refractivity contribution in [2.24, 2.45) is 0 Å². The highest BCUT2D eigenvalue weighted by atomic mass is 19.4. The van der Waals surface area contributed by atoms with Crippen LogP contribution in [0.15, 0.2) is 24.3 Å². The zero-order valence-corrected chi connectivity index (χ0v) is 18.4. The molecule has 0 unspecified atom stereocenters. The minimum absolute atomic E-state index is 0.00236. The number of aromatic amines is 1. The van der Waals surface area contributed by atoms with E-state index in [1.54, 1.807) is 18.7 Å². The van der Waals surface area contributed by atoms with Gasteiger partial charge >= 0.3 is 12.1 Å². The molecule has 4 N–H and O–H groups in total. The van der Waals surface area contributed by atoms with E-state index in [2.05, 4.69) is 15.5 Å².